The number of hydrogen-bond donors (Lipinski definition) is 2. The van der Waals surface area contributed by atoms with Gasteiger partial charge in [-0.15, -0.1) is 0 Å². The van der Waals surface area contributed by atoms with E-state index in [2.05, 4.69) is 29.7 Å². The van der Waals surface area contributed by atoms with E-state index in [1.165, 1.54) is 5.56 Å². The first-order valence-corrected chi connectivity index (χ1v) is 7.35. The lowest BCUT2D eigenvalue weighted by Gasteiger charge is -2.23. The van der Waals surface area contributed by atoms with Gasteiger partial charge in [0.2, 0.25) is 0 Å². The standard InChI is InChI=1S/C18H20N2O/c1-18(11-12-19-13-18)15-7-9-16(10-8-15)20-17(21)14-5-3-2-4-6-14/h2-10,19H,11-13H2,1H3,(H,20,21)/t18-/m1/s1. The molecule has 3 nitrogen and oxygen atoms in total. The van der Waals surface area contributed by atoms with Crippen LogP contribution in [-0.4, -0.2) is 19.0 Å². The van der Waals surface area contributed by atoms with Crippen molar-refractivity contribution in [2.75, 3.05) is 18.4 Å². The molecule has 0 spiro atoms. The molecular weight excluding hydrogens is 260 g/mol. The Morgan fingerprint density at radius 1 is 1.10 bits per heavy atom. The molecular formula is C18H20N2O. The highest BCUT2D eigenvalue weighted by Crippen LogP contribution is 2.30. The summed E-state index contributed by atoms with van der Waals surface area (Å²) in [6.07, 6.45) is 1.16. The number of hydrogen-bond acceptors (Lipinski definition) is 2. The molecule has 3 heteroatoms. The molecule has 1 aliphatic rings. The quantitative estimate of drug-likeness (QED) is 0.906. The van der Waals surface area contributed by atoms with E-state index in [0.717, 1.165) is 25.2 Å². The van der Waals surface area contributed by atoms with Crippen molar-refractivity contribution >= 4 is 11.6 Å². The van der Waals surface area contributed by atoms with Crippen molar-refractivity contribution < 1.29 is 4.79 Å². The third-order valence-corrected chi connectivity index (χ3v) is 4.24. The molecule has 1 fully saturated rings. The van der Waals surface area contributed by atoms with Gasteiger partial charge in [0, 0.05) is 23.2 Å². The Hall–Kier alpha value is -2.13. The Morgan fingerprint density at radius 2 is 1.81 bits per heavy atom. The Bertz CT molecular complexity index is 613. The van der Waals surface area contributed by atoms with E-state index in [0.29, 0.717) is 5.56 Å². The monoisotopic (exact) mass is 280 g/mol. The first-order valence-electron chi connectivity index (χ1n) is 7.35. The first-order chi connectivity index (χ1) is 10.2. The fourth-order valence-electron chi connectivity index (χ4n) is 2.81. The summed E-state index contributed by atoms with van der Waals surface area (Å²) in [5.74, 6) is -0.0721. The van der Waals surface area contributed by atoms with E-state index in [4.69, 9.17) is 0 Å². The number of carbonyl (C=O) groups is 1. The maximum absolute atomic E-state index is 12.1. The first kappa shape index (κ1) is 13.8. The Morgan fingerprint density at radius 3 is 2.43 bits per heavy atom. The van der Waals surface area contributed by atoms with Crippen LogP contribution in [0.3, 0.4) is 0 Å². The van der Waals surface area contributed by atoms with Crippen LogP contribution in [0.25, 0.3) is 0 Å². The van der Waals surface area contributed by atoms with Gasteiger partial charge in [0.1, 0.15) is 0 Å². The van der Waals surface area contributed by atoms with Crippen LogP contribution >= 0.6 is 0 Å². The van der Waals surface area contributed by atoms with Crippen LogP contribution < -0.4 is 10.6 Å². The second-order valence-electron chi connectivity index (χ2n) is 5.88. The van der Waals surface area contributed by atoms with Crippen LogP contribution in [0.5, 0.6) is 0 Å². The Balaban J connectivity index is 1.71. The predicted octanol–water partition coefficient (Wildman–Crippen LogP) is 3.19. The number of rotatable bonds is 3. The van der Waals surface area contributed by atoms with E-state index in [1.807, 2.05) is 42.5 Å². The van der Waals surface area contributed by atoms with Crippen molar-refractivity contribution in [3.05, 3.63) is 65.7 Å². The maximum Gasteiger partial charge on any atom is 0.255 e. The highest BCUT2D eigenvalue weighted by Gasteiger charge is 2.30. The summed E-state index contributed by atoms with van der Waals surface area (Å²) in [6.45, 7) is 4.37. The minimum absolute atomic E-state index is 0.0721. The average molecular weight is 280 g/mol. The molecule has 1 atom stereocenters. The third kappa shape index (κ3) is 2.98. The van der Waals surface area contributed by atoms with Crippen molar-refractivity contribution in [1.82, 2.24) is 5.32 Å². The van der Waals surface area contributed by atoms with Gasteiger partial charge in [-0.2, -0.15) is 0 Å². The second kappa shape index (κ2) is 5.70. The SMILES string of the molecule is C[C@@]1(c2ccc(NC(=O)c3ccccc3)cc2)CCNC1. The van der Waals surface area contributed by atoms with Gasteiger partial charge in [0.25, 0.3) is 5.91 Å². The zero-order chi connectivity index (χ0) is 14.7. The number of benzene rings is 2. The molecule has 1 saturated heterocycles. The summed E-state index contributed by atoms with van der Waals surface area (Å²) in [5, 5.41) is 6.34. The summed E-state index contributed by atoms with van der Waals surface area (Å²) in [4.78, 5) is 12.1. The van der Waals surface area contributed by atoms with E-state index >= 15 is 0 Å². The van der Waals surface area contributed by atoms with Crippen LogP contribution in [-0.2, 0) is 5.41 Å². The average Bonchev–Trinajstić information content (AvgIpc) is 2.97. The molecule has 3 rings (SSSR count). The highest BCUT2D eigenvalue weighted by atomic mass is 16.1. The zero-order valence-electron chi connectivity index (χ0n) is 12.2. The summed E-state index contributed by atoms with van der Waals surface area (Å²) in [5.41, 5.74) is 3.04. The van der Waals surface area contributed by atoms with E-state index < -0.39 is 0 Å². The molecule has 0 saturated carbocycles. The predicted molar refractivity (Wildman–Crippen MR) is 85.7 cm³/mol. The third-order valence-electron chi connectivity index (χ3n) is 4.24. The summed E-state index contributed by atoms with van der Waals surface area (Å²) < 4.78 is 0. The van der Waals surface area contributed by atoms with Crippen LogP contribution in [0.1, 0.15) is 29.3 Å². The lowest BCUT2D eigenvalue weighted by atomic mass is 9.82. The van der Waals surface area contributed by atoms with Crippen molar-refractivity contribution in [2.45, 2.75) is 18.8 Å². The molecule has 1 amide bonds. The van der Waals surface area contributed by atoms with Gasteiger partial charge in [-0.3, -0.25) is 4.79 Å². The molecule has 2 aromatic carbocycles. The highest BCUT2D eigenvalue weighted by molar-refractivity contribution is 6.04. The van der Waals surface area contributed by atoms with Gasteiger partial charge in [-0.25, -0.2) is 0 Å². The molecule has 2 aromatic rings. The van der Waals surface area contributed by atoms with Gasteiger partial charge in [-0.1, -0.05) is 37.3 Å². The van der Waals surface area contributed by atoms with Gasteiger partial charge in [0.05, 0.1) is 0 Å². The molecule has 0 radical (unpaired) electrons. The number of nitrogens with one attached hydrogen (secondary N) is 2. The van der Waals surface area contributed by atoms with Gasteiger partial charge in [0.15, 0.2) is 0 Å². The molecule has 1 heterocycles. The van der Waals surface area contributed by atoms with Crippen molar-refractivity contribution in [3.8, 4) is 0 Å². The molecule has 108 valence electrons. The molecule has 0 bridgehead atoms. The fraction of sp³-hybridized carbons (Fsp3) is 0.278. The van der Waals surface area contributed by atoms with E-state index in [9.17, 15) is 4.79 Å². The van der Waals surface area contributed by atoms with Gasteiger partial charge < -0.3 is 10.6 Å². The minimum Gasteiger partial charge on any atom is -0.322 e. The molecule has 21 heavy (non-hydrogen) atoms. The lowest BCUT2D eigenvalue weighted by molar-refractivity contribution is 0.102. The molecule has 2 N–H and O–H groups in total. The Kier molecular flexibility index (Phi) is 3.76. The molecule has 1 aliphatic heterocycles. The minimum atomic E-state index is -0.0721. The van der Waals surface area contributed by atoms with E-state index in [-0.39, 0.29) is 11.3 Å². The van der Waals surface area contributed by atoms with Crippen LogP contribution in [0.15, 0.2) is 54.6 Å². The van der Waals surface area contributed by atoms with Crippen LogP contribution in [0.2, 0.25) is 0 Å². The summed E-state index contributed by atoms with van der Waals surface area (Å²) in [6, 6.07) is 17.5. The topological polar surface area (TPSA) is 41.1 Å². The molecule has 0 aliphatic carbocycles. The largest absolute Gasteiger partial charge is 0.322 e. The van der Waals surface area contributed by atoms with Crippen molar-refractivity contribution in [1.29, 1.82) is 0 Å². The van der Waals surface area contributed by atoms with Gasteiger partial charge >= 0.3 is 0 Å². The van der Waals surface area contributed by atoms with Crippen molar-refractivity contribution in [2.24, 2.45) is 0 Å². The van der Waals surface area contributed by atoms with Crippen LogP contribution in [0.4, 0.5) is 5.69 Å². The lowest BCUT2D eigenvalue weighted by Crippen LogP contribution is -2.24. The number of carbonyl (C=O) groups excluding carboxylic acids is 1. The second-order valence-corrected chi connectivity index (χ2v) is 5.88. The maximum atomic E-state index is 12.1. The Labute approximate surface area is 125 Å². The molecule has 0 unspecified atom stereocenters. The van der Waals surface area contributed by atoms with Crippen molar-refractivity contribution in [3.63, 3.8) is 0 Å². The summed E-state index contributed by atoms with van der Waals surface area (Å²) in [7, 11) is 0. The smallest absolute Gasteiger partial charge is 0.255 e. The van der Waals surface area contributed by atoms with Gasteiger partial charge in [-0.05, 0) is 42.8 Å². The summed E-state index contributed by atoms with van der Waals surface area (Å²) >= 11 is 0. The number of anilines is 1. The normalized spacial score (nSPS) is 21.2. The fourth-order valence-corrected chi connectivity index (χ4v) is 2.81. The van der Waals surface area contributed by atoms with Crippen LogP contribution in [0, 0.1) is 0 Å². The molecule has 0 aromatic heterocycles. The zero-order valence-corrected chi connectivity index (χ0v) is 12.2. The van der Waals surface area contributed by atoms with E-state index in [1.54, 1.807) is 0 Å². The number of amides is 1.